The predicted octanol–water partition coefficient (Wildman–Crippen LogP) is 4.51. The van der Waals surface area contributed by atoms with Crippen molar-refractivity contribution >= 4 is 34.7 Å². The molecule has 0 aliphatic carbocycles. The van der Waals surface area contributed by atoms with Gasteiger partial charge in [0.25, 0.3) is 0 Å². The quantitative estimate of drug-likeness (QED) is 0.722. The fourth-order valence-electron chi connectivity index (χ4n) is 3.29. The first kappa shape index (κ1) is 17.6. The third-order valence-corrected chi connectivity index (χ3v) is 4.88. The van der Waals surface area contributed by atoms with Crippen molar-refractivity contribution in [1.82, 2.24) is 9.97 Å². The Kier molecular flexibility index (Phi) is 5.12. The molecule has 0 amide bonds. The van der Waals surface area contributed by atoms with Crippen molar-refractivity contribution in [3.05, 3.63) is 71.4 Å². The summed E-state index contributed by atoms with van der Waals surface area (Å²) in [5.74, 6) is 1.60. The number of hydrogen-bond donors (Lipinski definition) is 1. The summed E-state index contributed by atoms with van der Waals surface area (Å²) in [6.45, 7) is 5.70. The number of nitrogens with zero attached hydrogens (tertiary/aromatic N) is 4. The third kappa shape index (κ3) is 4.31. The minimum absolute atomic E-state index is 0.633. The first-order chi connectivity index (χ1) is 13.2. The largest absolute Gasteiger partial charge is 0.368 e. The Morgan fingerprint density at radius 2 is 1.59 bits per heavy atom. The van der Waals surface area contributed by atoms with E-state index < -0.39 is 0 Å². The summed E-state index contributed by atoms with van der Waals surface area (Å²) in [4.78, 5) is 13.9. The lowest BCUT2D eigenvalue weighted by atomic mass is 10.2. The molecule has 5 nitrogen and oxygen atoms in total. The molecule has 6 heteroatoms. The van der Waals surface area contributed by atoms with Gasteiger partial charge < -0.3 is 15.1 Å². The van der Waals surface area contributed by atoms with Gasteiger partial charge in [-0.3, -0.25) is 0 Å². The summed E-state index contributed by atoms with van der Waals surface area (Å²) >= 11 is 6.13. The maximum Gasteiger partial charge on any atom is 0.229 e. The van der Waals surface area contributed by atoms with Gasteiger partial charge in [-0.05, 0) is 37.3 Å². The van der Waals surface area contributed by atoms with Crippen LogP contribution < -0.4 is 15.1 Å². The molecule has 0 bridgehead atoms. The lowest BCUT2D eigenvalue weighted by Gasteiger charge is -2.37. The van der Waals surface area contributed by atoms with Gasteiger partial charge in [0.2, 0.25) is 5.95 Å². The number of nitrogens with one attached hydrogen (secondary N) is 1. The van der Waals surface area contributed by atoms with Crippen molar-refractivity contribution < 1.29 is 0 Å². The van der Waals surface area contributed by atoms with Crippen LogP contribution in [0.5, 0.6) is 0 Å². The molecular formula is C21H22ClN5. The number of para-hydroxylation sites is 1. The first-order valence-electron chi connectivity index (χ1n) is 9.10. The van der Waals surface area contributed by atoms with E-state index in [-0.39, 0.29) is 0 Å². The topological polar surface area (TPSA) is 44.3 Å². The molecule has 0 radical (unpaired) electrons. The average molecular weight is 380 g/mol. The normalized spacial score (nSPS) is 14.3. The Balaban J connectivity index is 1.46. The number of anilines is 4. The van der Waals surface area contributed by atoms with Gasteiger partial charge in [0.1, 0.15) is 5.82 Å². The number of benzene rings is 2. The number of aryl methyl sites for hydroxylation is 1. The van der Waals surface area contributed by atoms with E-state index in [1.807, 2.05) is 61.5 Å². The number of hydrogen-bond acceptors (Lipinski definition) is 5. The van der Waals surface area contributed by atoms with Gasteiger partial charge in [-0.1, -0.05) is 35.9 Å². The highest BCUT2D eigenvalue weighted by Crippen LogP contribution is 2.23. The van der Waals surface area contributed by atoms with E-state index in [0.717, 1.165) is 48.4 Å². The predicted molar refractivity (Wildman–Crippen MR) is 112 cm³/mol. The Labute approximate surface area is 164 Å². The van der Waals surface area contributed by atoms with E-state index in [4.69, 9.17) is 16.6 Å². The van der Waals surface area contributed by atoms with Gasteiger partial charge in [-0.15, -0.1) is 0 Å². The minimum Gasteiger partial charge on any atom is -0.368 e. The standard InChI is InChI=1S/C21H22ClN5/c1-16-14-20(25-21(23-16)24-18-7-3-2-4-8-18)27-12-10-26(11-13-27)19-9-5-6-17(22)15-19/h2-9,14-15H,10-13H2,1H3,(H,23,24,25). The molecule has 0 unspecified atom stereocenters. The van der Waals surface area contributed by atoms with Crippen molar-refractivity contribution in [3.63, 3.8) is 0 Å². The smallest absolute Gasteiger partial charge is 0.229 e. The summed E-state index contributed by atoms with van der Waals surface area (Å²) in [6.07, 6.45) is 0. The van der Waals surface area contributed by atoms with Gasteiger partial charge in [0.05, 0.1) is 0 Å². The van der Waals surface area contributed by atoms with Crippen LogP contribution in [0.1, 0.15) is 5.69 Å². The van der Waals surface area contributed by atoms with Crippen LogP contribution in [0.15, 0.2) is 60.7 Å². The number of aromatic nitrogens is 2. The number of piperazine rings is 1. The van der Waals surface area contributed by atoms with Crippen molar-refractivity contribution in [2.75, 3.05) is 41.3 Å². The van der Waals surface area contributed by atoms with Crippen LogP contribution in [0.4, 0.5) is 23.1 Å². The molecule has 0 spiro atoms. The zero-order chi connectivity index (χ0) is 18.6. The Morgan fingerprint density at radius 1 is 0.852 bits per heavy atom. The summed E-state index contributed by atoms with van der Waals surface area (Å²) < 4.78 is 0. The molecule has 1 aromatic heterocycles. The van der Waals surface area contributed by atoms with Gasteiger partial charge in [-0.2, -0.15) is 4.98 Å². The second kappa shape index (κ2) is 7.84. The van der Waals surface area contributed by atoms with Crippen LogP contribution in [-0.4, -0.2) is 36.1 Å². The Hall–Kier alpha value is -2.79. The molecule has 27 heavy (non-hydrogen) atoms. The van der Waals surface area contributed by atoms with E-state index >= 15 is 0 Å². The van der Waals surface area contributed by atoms with E-state index in [0.29, 0.717) is 5.95 Å². The highest BCUT2D eigenvalue weighted by atomic mass is 35.5. The van der Waals surface area contributed by atoms with Gasteiger partial charge >= 0.3 is 0 Å². The summed E-state index contributed by atoms with van der Waals surface area (Å²) in [5, 5.41) is 4.07. The Bertz CT molecular complexity index is 907. The van der Waals surface area contributed by atoms with Crippen molar-refractivity contribution in [2.24, 2.45) is 0 Å². The molecule has 2 heterocycles. The summed E-state index contributed by atoms with van der Waals surface area (Å²) in [6, 6.07) is 20.1. The SMILES string of the molecule is Cc1cc(N2CCN(c3cccc(Cl)c3)CC2)nc(Nc2ccccc2)n1. The van der Waals surface area contributed by atoms with E-state index in [1.54, 1.807) is 0 Å². The van der Waals surface area contributed by atoms with Gasteiger partial charge in [0, 0.05) is 54.3 Å². The molecule has 138 valence electrons. The molecule has 1 fully saturated rings. The van der Waals surface area contributed by atoms with E-state index in [2.05, 4.69) is 26.2 Å². The molecule has 1 N–H and O–H groups in total. The minimum atomic E-state index is 0.633. The highest BCUT2D eigenvalue weighted by molar-refractivity contribution is 6.30. The molecule has 0 saturated carbocycles. The third-order valence-electron chi connectivity index (χ3n) is 4.65. The average Bonchev–Trinajstić information content (AvgIpc) is 2.68. The van der Waals surface area contributed by atoms with Gasteiger partial charge in [-0.25, -0.2) is 4.98 Å². The zero-order valence-electron chi connectivity index (χ0n) is 15.3. The summed E-state index contributed by atoms with van der Waals surface area (Å²) in [5.41, 5.74) is 3.11. The molecule has 4 rings (SSSR count). The van der Waals surface area contributed by atoms with Crippen molar-refractivity contribution in [3.8, 4) is 0 Å². The Morgan fingerprint density at radius 3 is 2.33 bits per heavy atom. The molecule has 0 atom stereocenters. The fraction of sp³-hybridized carbons (Fsp3) is 0.238. The zero-order valence-corrected chi connectivity index (χ0v) is 16.0. The fourth-order valence-corrected chi connectivity index (χ4v) is 3.47. The van der Waals surface area contributed by atoms with Crippen LogP contribution in [0.2, 0.25) is 5.02 Å². The molecule has 1 aliphatic rings. The summed E-state index contributed by atoms with van der Waals surface area (Å²) in [7, 11) is 0. The molecular weight excluding hydrogens is 358 g/mol. The van der Waals surface area contributed by atoms with Crippen LogP contribution in [0.25, 0.3) is 0 Å². The maximum atomic E-state index is 6.13. The monoisotopic (exact) mass is 379 g/mol. The van der Waals surface area contributed by atoms with Crippen molar-refractivity contribution in [2.45, 2.75) is 6.92 Å². The molecule has 2 aromatic carbocycles. The van der Waals surface area contributed by atoms with E-state index in [9.17, 15) is 0 Å². The van der Waals surface area contributed by atoms with Crippen LogP contribution in [0, 0.1) is 6.92 Å². The van der Waals surface area contributed by atoms with Crippen LogP contribution >= 0.6 is 11.6 Å². The lowest BCUT2D eigenvalue weighted by Crippen LogP contribution is -2.46. The molecule has 1 aliphatic heterocycles. The molecule has 3 aromatic rings. The lowest BCUT2D eigenvalue weighted by molar-refractivity contribution is 0.647. The number of rotatable bonds is 4. The number of halogens is 1. The second-order valence-electron chi connectivity index (χ2n) is 6.64. The van der Waals surface area contributed by atoms with Gasteiger partial charge in [0.15, 0.2) is 0 Å². The molecule has 1 saturated heterocycles. The second-order valence-corrected chi connectivity index (χ2v) is 7.07. The van der Waals surface area contributed by atoms with E-state index in [1.165, 1.54) is 5.69 Å². The maximum absolute atomic E-state index is 6.13. The van der Waals surface area contributed by atoms with Crippen LogP contribution in [-0.2, 0) is 0 Å². The van der Waals surface area contributed by atoms with Crippen molar-refractivity contribution in [1.29, 1.82) is 0 Å². The van der Waals surface area contributed by atoms with Crippen LogP contribution in [0.3, 0.4) is 0 Å². The first-order valence-corrected chi connectivity index (χ1v) is 9.48. The highest BCUT2D eigenvalue weighted by Gasteiger charge is 2.19.